The van der Waals surface area contributed by atoms with E-state index in [1.165, 1.54) is 29.5 Å². The molecule has 1 atom stereocenters. The third-order valence-corrected chi connectivity index (χ3v) is 5.84. The van der Waals surface area contributed by atoms with E-state index in [0.717, 1.165) is 30.4 Å². The Kier molecular flexibility index (Phi) is 8.27. The topological polar surface area (TPSA) is 52.6 Å². The van der Waals surface area contributed by atoms with E-state index < -0.39 is 0 Å². The average molecular weight is 485 g/mol. The fourth-order valence-corrected chi connectivity index (χ4v) is 4.22. The summed E-state index contributed by atoms with van der Waals surface area (Å²) < 4.78 is 0. The quantitative estimate of drug-likeness (QED) is 0.386. The molecule has 0 amide bonds. The predicted molar refractivity (Wildman–Crippen MR) is 125 cm³/mol. The van der Waals surface area contributed by atoms with Crippen molar-refractivity contribution in [2.75, 3.05) is 38.3 Å². The van der Waals surface area contributed by atoms with Crippen molar-refractivity contribution in [1.82, 2.24) is 15.6 Å². The number of nitrogens with one attached hydrogen (secondary N) is 2. The molecule has 1 aliphatic rings. The molecule has 7 heteroatoms. The molecule has 1 aromatic carbocycles. The number of anilines is 1. The highest BCUT2D eigenvalue weighted by Gasteiger charge is 2.15. The van der Waals surface area contributed by atoms with Crippen LogP contribution in [-0.2, 0) is 6.54 Å². The number of halogens is 1. The maximum Gasteiger partial charge on any atom is 0.191 e. The SMILES string of the molecule is CN=C(NCc1cc(N(C)C)nc2ccccc12)NCC1CCCS1.I. The summed E-state index contributed by atoms with van der Waals surface area (Å²) in [5.74, 6) is 3.12. The van der Waals surface area contributed by atoms with Crippen LogP contribution in [0, 0.1) is 0 Å². The van der Waals surface area contributed by atoms with Crippen molar-refractivity contribution in [3.63, 3.8) is 0 Å². The first-order valence-corrected chi connectivity index (χ1v) is 9.84. The van der Waals surface area contributed by atoms with E-state index in [2.05, 4.69) is 51.7 Å². The molecule has 1 aliphatic heterocycles. The molecule has 0 saturated carbocycles. The van der Waals surface area contributed by atoms with Crippen LogP contribution in [0.3, 0.4) is 0 Å². The lowest BCUT2D eigenvalue weighted by Gasteiger charge is -2.17. The van der Waals surface area contributed by atoms with Crippen LogP contribution in [0.5, 0.6) is 0 Å². The summed E-state index contributed by atoms with van der Waals surface area (Å²) in [4.78, 5) is 11.1. The highest BCUT2D eigenvalue weighted by atomic mass is 127. The number of hydrogen-bond donors (Lipinski definition) is 2. The molecular formula is C19H28IN5S. The zero-order valence-corrected chi connectivity index (χ0v) is 18.8. The molecule has 0 aliphatic carbocycles. The standard InChI is InChI=1S/C19H27N5S.HI/c1-20-19(22-13-15-7-6-10-25-15)21-12-14-11-18(24(2)3)23-17-9-5-4-8-16(14)17;/h4-5,8-9,11,15H,6-7,10,12-13H2,1-3H3,(H2,20,21,22);1H. The molecular weight excluding hydrogens is 457 g/mol. The Morgan fingerprint density at radius 3 is 2.81 bits per heavy atom. The number of thioether (sulfide) groups is 1. The molecule has 5 nitrogen and oxygen atoms in total. The molecule has 2 N–H and O–H groups in total. The van der Waals surface area contributed by atoms with Gasteiger partial charge in [-0.25, -0.2) is 4.98 Å². The second-order valence-corrected chi connectivity index (χ2v) is 7.90. The van der Waals surface area contributed by atoms with Crippen LogP contribution in [0.4, 0.5) is 5.82 Å². The highest BCUT2D eigenvalue weighted by Crippen LogP contribution is 2.25. The van der Waals surface area contributed by atoms with Gasteiger partial charge >= 0.3 is 0 Å². The highest BCUT2D eigenvalue weighted by molar-refractivity contribution is 14.0. The fraction of sp³-hybridized carbons (Fsp3) is 0.474. The van der Waals surface area contributed by atoms with E-state index in [1.807, 2.05) is 32.1 Å². The smallest absolute Gasteiger partial charge is 0.191 e. The van der Waals surface area contributed by atoms with Gasteiger partial charge < -0.3 is 15.5 Å². The Balaban J connectivity index is 0.00000243. The minimum atomic E-state index is 0. The molecule has 1 fully saturated rings. The van der Waals surface area contributed by atoms with Crippen molar-refractivity contribution < 1.29 is 0 Å². The second kappa shape index (κ2) is 10.2. The van der Waals surface area contributed by atoms with Crippen molar-refractivity contribution in [3.05, 3.63) is 35.9 Å². The van der Waals surface area contributed by atoms with Crippen LogP contribution in [0.1, 0.15) is 18.4 Å². The Labute approximate surface area is 177 Å². The number of nitrogens with zero attached hydrogens (tertiary/aromatic N) is 3. The van der Waals surface area contributed by atoms with Gasteiger partial charge in [-0.15, -0.1) is 24.0 Å². The van der Waals surface area contributed by atoms with Crippen LogP contribution in [0.2, 0.25) is 0 Å². The van der Waals surface area contributed by atoms with E-state index in [9.17, 15) is 0 Å². The lowest BCUT2D eigenvalue weighted by Crippen LogP contribution is -2.39. The number of para-hydroxylation sites is 1. The van der Waals surface area contributed by atoms with Gasteiger partial charge in [0, 0.05) is 44.9 Å². The molecule has 1 aromatic heterocycles. The molecule has 142 valence electrons. The summed E-state index contributed by atoms with van der Waals surface area (Å²) in [6, 6.07) is 10.4. The lowest BCUT2D eigenvalue weighted by atomic mass is 10.1. The van der Waals surface area contributed by atoms with Crippen molar-refractivity contribution in [2.24, 2.45) is 4.99 Å². The third-order valence-electron chi connectivity index (χ3n) is 4.44. The van der Waals surface area contributed by atoms with Gasteiger partial charge in [0.05, 0.1) is 5.52 Å². The summed E-state index contributed by atoms with van der Waals surface area (Å²) in [7, 11) is 5.87. The van der Waals surface area contributed by atoms with Gasteiger partial charge in [0.15, 0.2) is 5.96 Å². The predicted octanol–water partition coefficient (Wildman–Crippen LogP) is 3.48. The first-order valence-electron chi connectivity index (χ1n) is 8.79. The molecule has 1 unspecified atom stereocenters. The molecule has 2 heterocycles. The van der Waals surface area contributed by atoms with Gasteiger partial charge in [0.1, 0.15) is 5.82 Å². The van der Waals surface area contributed by atoms with Crippen LogP contribution >= 0.6 is 35.7 Å². The maximum absolute atomic E-state index is 4.72. The number of pyridine rings is 1. The van der Waals surface area contributed by atoms with E-state index in [4.69, 9.17) is 4.98 Å². The van der Waals surface area contributed by atoms with Gasteiger partial charge in [-0.3, -0.25) is 4.99 Å². The molecule has 3 rings (SSSR count). The number of aliphatic imine (C=N–C) groups is 1. The number of fused-ring (bicyclic) bond motifs is 1. The van der Waals surface area contributed by atoms with Gasteiger partial charge in [-0.05, 0) is 36.3 Å². The number of hydrogen-bond acceptors (Lipinski definition) is 4. The zero-order chi connectivity index (χ0) is 17.6. The average Bonchev–Trinajstić information content (AvgIpc) is 3.15. The first kappa shape index (κ1) is 21.1. The number of aromatic nitrogens is 1. The van der Waals surface area contributed by atoms with Gasteiger partial charge in [-0.1, -0.05) is 18.2 Å². The molecule has 0 spiro atoms. The molecule has 26 heavy (non-hydrogen) atoms. The minimum absolute atomic E-state index is 0. The van der Waals surface area contributed by atoms with E-state index in [-0.39, 0.29) is 24.0 Å². The van der Waals surface area contributed by atoms with Gasteiger partial charge in [0.25, 0.3) is 0 Å². The summed E-state index contributed by atoms with van der Waals surface area (Å²) in [6.07, 6.45) is 2.63. The molecule has 0 radical (unpaired) electrons. The number of rotatable bonds is 5. The second-order valence-electron chi connectivity index (χ2n) is 6.49. The maximum atomic E-state index is 4.72. The normalized spacial score (nSPS) is 17.0. The van der Waals surface area contributed by atoms with Gasteiger partial charge in [0.2, 0.25) is 0 Å². The van der Waals surface area contributed by atoms with Crippen LogP contribution in [0.15, 0.2) is 35.3 Å². The molecule has 2 aromatic rings. The zero-order valence-electron chi connectivity index (χ0n) is 15.7. The first-order chi connectivity index (χ1) is 12.2. The fourth-order valence-electron chi connectivity index (χ4n) is 3.02. The summed E-state index contributed by atoms with van der Waals surface area (Å²) in [5, 5.41) is 8.80. The largest absolute Gasteiger partial charge is 0.363 e. The Bertz CT molecular complexity index is 744. The van der Waals surface area contributed by atoms with Gasteiger partial charge in [-0.2, -0.15) is 11.8 Å². The number of guanidine groups is 1. The van der Waals surface area contributed by atoms with E-state index in [1.54, 1.807) is 0 Å². The Morgan fingerprint density at radius 2 is 2.12 bits per heavy atom. The summed E-state index contributed by atoms with van der Waals surface area (Å²) in [6.45, 7) is 1.70. The van der Waals surface area contributed by atoms with Crippen molar-refractivity contribution >= 4 is 58.4 Å². The van der Waals surface area contributed by atoms with Crippen molar-refractivity contribution in [3.8, 4) is 0 Å². The van der Waals surface area contributed by atoms with E-state index >= 15 is 0 Å². The monoisotopic (exact) mass is 485 g/mol. The van der Waals surface area contributed by atoms with Crippen LogP contribution < -0.4 is 15.5 Å². The summed E-state index contributed by atoms with van der Waals surface area (Å²) >= 11 is 2.06. The van der Waals surface area contributed by atoms with Crippen LogP contribution in [-0.4, -0.2) is 49.6 Å². The Hall–Kier alpha value is -1.22. The molecule has 1 saturated heterocycles. The van der Waals surface area contributed by atoms with Crippen molar-refractivity contribution in [2.45, 2.75) is 24.6 Å². The summed E-state index contributed by atoms with van der Waals surface area (Å²) in [5.41, 5.74) is 2.25. The third kappa shape index (κ3) is 5.39. The Morgan fingerprint density at radius 1 is 1.31 bits per heavy atom. The lowest BCUT2D eigenvalue weighted by molar-refractivity contribution is 0.726. The molecule has 0 bridgehead atoms. The van der Waals surface area contributed by atoms with Crippen molar-refractivity contribution in [1.29, 1.82) is 0 Å². The van der Waals surface area contributed by atoms with E-state index in [0.29, 0.717) is 5.25 Å². The number of benzene rings is 1. The minimum Gasteiger partial charge on any atom is -0.363 e. The van der Waals surface area contributed by atoms with Crippen LogP contribution in [0.25, 0.3) is 10.9 Å².